The van der Waals surface area contributed by atoms with E-state index in [1.807, 2.05) is 6.92 Å². The van der Waals surface area contributed by atoms with E-state index in [2.05, 4.69) is 15.9 Å². The largest absolute Gasteiger partial charge is 0.497 e. The average molecular weight is 376 g/mol. The van der Waals surface area contributed by atoms with Crippen molar-refractivity contribution in [2.45, 2.75) is 19.4 Å². The molecule has 1 amide bonds. The molecule has 0 aliphatic carbocycles. The van der Waals surface area contributed by atoms with Gasteiger partial charge in [0, 0.05) is 17.1 Å². The number of carbonyl (C=O) groups is 1. The first-order valence-corrected chi connectivity index (χ1v) is 9.34. The van der Waals surface area contributed by atoms with Gasteiger partial charge in [0.25, 0.3) is 5.91 Å². The molecule has 5 nitrogen and oxygen atoms in total. The van der Waals surface area contributed by atoms with Crippen molar-refractivity contribution in [1.82, 2.24) is 4.90 Å². The SMILES string of the molecule is CCN(C(=O)c1cc(OC)ccc1Br)C1CCS(=O)(=O)C1. The number of nitrogens with zero attached hydrogens (tertiary/aromatic N) is 1. The quantitative estimate of drug-likeness (QED) is 0.808. The Morgan fingerprint density at radius 3 is 2.71 bits per heavy atom. The lowest BCUT2D eigenvalue weighted by atomic mass is 10.1. The molecule has 1 unspecified atom stereocenters. The maximum Gasteiger partial charge on any atom is 0.255 e. The third-order valence-electron chi connectivity index (χ3n) is 3.65. The second-order valence-corrected chi connectivity index (χ2v) is 8.08. The second kappa shape index (κ2) is 6.36. The summed E-state index contributed by atoms with van der Waals surface area (Å²) in [7, 11) is -1.48. The molecule has 1 atom stereocenters. The van der Waals surface area contributed by atoms with Crippen molar-refractivity contribution in [2.24, 2.45) is 0 Å². The molecule has 21 heavy (non-hydrogen) atoms. The van der Waals surface area contributed by atoms with Gasteiger partial charge < -0.3 is 9.64 Å². The van der Waals surface area contributed by atoms with Crippen LogP contribution in [0.15, 0.2) is 22.7 Å². The average Bonchev–Trinajstić information content (AvgIpc) is 2.80. The molecule has 0 aromatic heterocycles. The summed E-state index contributed by atoms with van der Waals surface area (Å²) in [4.78, 5) is 14.3. The molecule has 1 aliphatic heterocycles. The van der Waals surface area contributed by atoms with Crippen LogP contribution in [0.2, 0.25) is 0 Å². The lowest BCUT2D eigenvalue weighted by molar-refractivity contribution is 0.0707. The molecule has 116 valence electrons. The van der Waals surface area contributed by atoms with Crippen LogP contribution in [0.25, 0.3) is 0 Å². The van der Waals surface area contributed by atoms with Crippen LogP contribution >= 0.6 is 15.9 Å². The third-order valence-corrected chi connectivity index (χ3v) is 6.10. The first kappa shape index (κ1) is 16.3. The minimum Gasteiger partial charge on any atom is -0.497 e. The van der Waals surface area contributed by atoms with E-state index >= 15 is 0 Å². The number of hydrogen-bond acceptors (Lipinski definition) is 4. The smallest absolute Gasteiger partial charge is 0.255 e. The van der Waals surface area contributed by atoms with Crippen molar-refractivity contribution in [3.63, 3.8) is 0 Å². The van der Waals surface area contributed by atoms with Gasteiger partial charge in [0.15, 0.2) is 9.84 Å². The number of hydrogen-bond donors (Lipinski definition) is 0. The van der Waals surface area contributed by atoms with Gasteiger partial charge in [-0.3, -0.25) is 4.79 Å². The van der Waals surface area contributed by atoms with Gasteiger partial charge in [0.1, 0.15) is 5.75 Å². The topological polar surface area (TPSA) is 63.7 Å². The highest BCUT2D eigenvalue weighted by atomic mass is 79.9. The Balaban J connectivity index is 2.29. The van der Waals surface area contributed by atoms with E-state index in [9.17, 15) is 13.2 Å². The van der Waals surface area contributed by atoms with E-state index < -0.39 is 9.84 Å². The summed E-state index contributed by atoms with van der Waals surface area (Å²) in [6.45, 7) is 2.33. The van der Waals surface area contributed by atoms with Gasteiger partial charge in [0.2, 0.25) is 0 Å². The van der Waals surface area contributed by atoms with Gasteiger partial charge in [-0.05, 0) is 47.5 Å². The zero-order valence-electron chi connectivity index (χ0n) is 12.0. The summed E-state index contributed by atoms with van der Waals surface area (Å²) < 4.78 is 29.1. The van der Waals surface area contributed by atoms with E-state index in [4.69, 9.17) is 4.74 Å². The summed E-state index contributed by atoms with van der Waals surface area (Å²) in [6, 6.07) is 4.94. The van der Waals surface area contributed by atoms with Crippen LogP contribution in [0, 0.1) is 0 Å². The predicted molar refractivity (Wildman–Crippen MR) is 84.5 cm³/mol. The van der Waals surface area contributed by atoms with Crippen LogP contribution in [-0.2, 0) is 9.84 Å². The van der Waals surface area contributed by atoms with Gasteiger partial charge in [-0.1, -0.05) is 0 Å². The van der Waals surface area contributed by atoms with Crippen molar-refractivity contribution in [3.05, 3.63) is 28.2 Å². The summed E-state index contributed by atoms with van der Waals surface area (Å²) in [6.07, 6.45) is 0.503. The van der Waals surface area contributed by atoms with Crippen LogP contribution in [0.4, 0.5) is 0 Å². The number of methoxy groups -OCH3 is 1. The van der Waals surface area contributed by atoms with Crippen LogP contribution in [-0.4, -0.2) is 50.4 Å². The van der Waals surface area contributed by atoms with Crippen molar-refractivity contribution in [3.8, 4) is 5.75 Å². The third kappa shape index (κ3) is 3.58. The van der Waals surface area contributed by atoms with E-state index in [1.54, 1.807) is 30.2 Å². The Hall–Kier alpha value is -1.08. The molecule has 1 aliphatic rings. The number of sulfone groups is 1. The van der Waals surface area contributed by atoms with Gasteiger partial charge in [-0.15, -0.1) is 0 Å². The van der Waals surface area contributed by atoms with Gasteiger partial charge in [-0.2, -0.15) is 0 Å². The monoisotopic (exact) mass is 375 g/mol. The molecule has 1 heterocycles. The predicted octanol–water partition coefficient (Wildman–Crippen LogP) is 2.11. The molecule has 1 saturated heterocycles. The molecule has 0 saturated carbocycles. The molecule has 0 N–H and O–H groups in total. The molecule has 2 rings (SSSR count). The van der Waals surface area contributed by atoms with E-state index in [1.165, 1.54) is 0 Å². The number of benzene rings is 1. The summed E-state index contributed by atoms with van der Waals surface area (Å²) >= 11 is 3.37. The minimum absolute atomic E-state index is 0.0498. The van der Waals surface area contributed by atoms with Gasteiger partial charge >= 0.3 is 0 Å². The molecule has 1 fully saturated rings. The first-order valence-electron chi connectivity index (χ1n) is 6.73. The van der Waals surface area contributed by atoms with Crippen LogP contribution < -0.4 is 4.74 Å². The fraction of sp³-hybridized carbons (Fsp3) is 0.500. The molecule has 1 aromatic rings. The Morgan fingerprint density at radius 2 is 2.19 bits per heavy atom. The van der Waals surface area contributed by atoms with E-state index in [0.29, 0.717) is 28.8 Å². The highest BCUT2D eigenvalue weighted by Gasteiger charge is 2.34. The van der Waals surface area contributed by atoms with Crippen molar-refractivity contribution in [1.29, 1.82) is 0 Å². The highest BCUT2D eigenvalue weighted by molar-refractivity contribution is 9.10. The zero-order chi connectivity index (χ0) is 15.6. The Morgan fingerprint density at radius 1 is 1.48 bits per heavy atom. The lowest BCUT2D eigenvalue weighted by Gasteiger charge is -2.27. The van der Waals surface area contributed by atoms with Crippen LogP contribution in [0.3, 0.4) is 0 Å². The summed E-state index contributed by atoms with van der Waals surface area (Å²) in [5.41, 5.74) is 0.487. The van der Waals surface area contributed by atoms with E-state index in [0.717, 1.165) is 0 Å². The number of amides is 1. The fourth-order valence-corrected chi connectivity index (χ4v) is 4.69. The Labute approximate surface area is 133 Å². The Kier molecular flexibility index (Phi) is 4.93. The maximum absolute atomic E-state index is 12.7. The van der Waals surface area contributed by atoms with Gasteiger partial charge in [0.05, 0.1) is 24.2 Å². The van der Waals surface area contributed by atoms with Crippen molar-refractivity contribution in [2.75, 3.05) is 25.2 Å². The normalized spacial score (nSPS) is 20.2. The second-order valence-electron chi connectivity index (χ2n) is 4.99. The number of ether oxygens (including phenoxy) is 1. The maximum atomic E-state index is 12.7. The van der Waals surface area contributed by atoms with Crippen LogP contribution in [0.5, 0.6) is 5.75 Å². The molecular formula is C14H18BrNO4S. The number of carbonyl (C=O) groups excluding carboxylic acids is 1. The number of halogens is 1. The first-order chi connectivity index (χ1) is 9.88. The number of rotatable bonds is 4. The van der Waals surface area contributed by atoms with E-state index in [-0.39, 0.29) is 23.5 Å². The Bertz CT molecular complexity index is 644. The van der Waals surface area contributed by atoms with Gasteiger partial charge in [-0.25, -0.2) is 8.42 Å². The molecule has 7 heteroatoms. The fourth-order valence-electron chi connectivity index (χ4n) is 2.54. The lowest BCUT2D eigenvalue weighted by Crippen LogP contribution is -2.41. The molecule has 1 aromatic carbocycles. The van der Waals surface area contributed by atoms with Crippen molar-refractivity contribution >= 4 is 31.7 Å². The zero-order valence-corrected chi connectivity index (χ0v) is 14.4. The molecule has 0 bridgehead atoms. The molecular weight excluding hydrogens is 358 g/mol. The van der Waals surface area contributed by atoms with Crippen LogP contribution in [0.1, 0.15) is 23.7 Å². The summed E-state index contributed by atoms with van der Waals surface area (Å²) in [5, 5.41) is 0. The highest BCUT2D eigenvalue weighted by Crippen LogP contribution is 2.26. The summed E-state index contributed by atoms with van der Waals surface area (Å²) in [5.74, 6) is 0.622. The molecule has 0 radical (unpaired) electrons. The van der Waals surface area contributed by atoms with Crippen molar-refractivity contribution < 1.29 is 17.9 Å². The minimum atomic E-state index is -3.02. The standard InChI is InChI=1S/C14H18BrNO4S/c1-3-16(10-6-7-21(18,19)9-10)14(17)12-8-11(20-2)4-5-13(12)15/h4-5,8,10H,3,6-7,9H2,1-2H3. The molecule has 0 spiro atoms.